The number of anilines is 1. The molecule has 1 aliphatic carbocycles. The Labute approximate surface area is 175 Å². The van der Waals surface area contributed by atoms with Crippen molar-refractivity contribution < 1.29 is 14.0 Å². The second kappa shape index (κ2) is 8.02. The van der Waals surface area contributed by atoms with Gasteiger partial charge in [-0.1, -0.05) is 5.92 Å². The summed E-state index contributed by atoms with van der Waals surface area (Å²) in [6.45, 7) is 4.95. The Hall–Kier alpha value is -3.01. The molecule has 2 aliphatic rings. The van der Waals surface area contributed by atoms with Crippen molar-refractivity contribution in [1.82, 2.24) is 10.3 Å². The highest BCUT2D eigenvalue weighted by Crippen LogP contribution is 2.37. The molecule has 0 radical (unpaired) electrons. The third-order valence-corrected chi connectivity index (χ3v) is 6.13. The van der Waals surface area contributed by atoms with Crippen molar-refractivity contribution in [3.05, 3.63) is 28.7 Å². The molecule has 1 aliphatic heterocycles. The van der Waals surface area contributed by atoms with Crippen LogP contribution in [0.1, 0.15) is 53.7 Å². The summed E-state index contributed by atoms with van der Waals surface area (Å²) in [7, 11) is 0. The van der Waals surface area contributed by atoms with Crippen molar-refractivity contribution in [3.8, 4) is 11.8 Å². The molecule has 1 atom stereocenters. The lowest BCUT2D eigenvalue weighted by Crippen LogP contribution is -2.47. The highest BCUT2D eigenvalue weighted by molar-refractivity contribution is 6.10. The lowest BCUT2D eigenvalue weighted by atomic mass is 10.0. The van der Waals surface area contributed by atoms with Crippen LogP contribution in [0.5, 0.6) is 0 Å². The number of hydrogen-bond acceptors (Lipinski definition) is 3. The first-order valence-electron chi connectivity index (χ1n) is 10.5. The zero-order valence-electron chi connectivity index (χ0n) is 17.4. The van der Waals surface area contributed by atoms with E-state index >= 15 is 4.39 Å². The minimum Gasteiger partial charge on any atom is -0.367 e. The second-order valence-corrected chi connectivity index (χ2v) is 8.45. The van der Waals surface area contributed by atoms with E-state index in [1.54, 1.807) is 0 Å². The number of nitrogens with zero attached hydrogens (tertiary/aromatic N) is 1. The zero-order valence-corrected chi connectivity index (χ0v) is 17.4. The van der Waals surface area contributed by atoms with Gasteiger partial charge in [0, 0.05) is 36.6 Å². The van der Waals surface area contributed by atoms with Gasteiger partial charge in [-0.3, -0.25) is 9.59 Å². The number of halogens is 1. The van der Waals surface area contributed by atoms with Crippen LogP contribution in [0.15, 0.2) is 6.07 Å². The molecule has 1 saturated heterocycles. The normalized spacial score (nSPS) is 18.8. The van der Waals surface area contributed by atoms with E-state index in [4.69, 9.17) is 5.73 Å². The van der Waals surface area contributed by atoms with E-state index in [-0.39, 0.29) is 17.5 Å². The first kappa shape index (κ1) is 20.3. The smallest absolute Gasteiger partial charge is 0.296 e. The lowest BCUT2D eigenvalue weighted by Gasteiger charge is -2.35. The molecule has 4 rings (SSSR count). The number of nitrogens with two attached hydrogens (primary N) is 1. The first-order chi connectivity index (χ1) is 14.3. The summed E-state index contributed by atoms with van der Waals surface area (Å²) < 4.78 is 15.2. The largest absolute Gasteiger partial charge is 0.367 e. The summed E-state index contributed by atoms with van der Waals surface area (Å²) in [6.07, 6.45) is 4.84. The number of nitrogens with one attached hydrogen (secondary N) is 2. The maximum atomic E-state index is 15.2. The van der Waals surface area contributed by atoms with Gasteiger partial charge in [-0.05, 0) is 63.0 Å². The van der Waals surface area contributed by atoms with Crippen LogP contribution in [0.25, 0.3) is 10.9 Å². The molecule has 2 amide bonds. The predicted octanol–water partition coefficient (Wildman–Crippen LogP) is 2.91. The number of carbonyl (C=O) groups is 2. The van der Waals surface area contributed by atoms with Crippen molar-refractivity contribution in [1.29, 1.82) is 0 Å². The van der Waals surface area contributed by atoms with E-state index in [1.807, 2.05) is 18.7 Å². The zero-order chi connectivity index (χ0) is 21.4. The van der Waals surface area contributed by atoms with E-state index in [0.717, 1.165) is 30.5 Å². The third-order valence-electron chi connectivity index (χ3n) is 6.13. The van der Waals surface area contributed by atoms with Gasteiger partial charge in [-0.2, -0.15) is 0 Å². The SMILES string of the molecule is Cc1[nH]c2c(C(N)=O)cc(F)c(N3CCC[C@H](NC(=O)C#CCC4CC4)C3)c2c1C. The third kappa shape index (κ3) is 4.00. The molecule has 0 spiro atoms. The fourth-order valence-corrected chi connectivity index (χ4v) is 4.22. The second-order valence-electron chi connectivity index (χ2n) is 8.45. The van der Waals surface area contributed by atoms with Crippen LogP contribution >= 0.6 is 0 Å². The van der Waals surface area contributed by atoms with Crippen LogP contribution < -0.4 is 16.0 Å². The molecule has 2 aromatic rings. The lowest BCUT2D eigenvalue weighted by molar-refractivity contribution is -0.116. The van der Waals surface area contributed by atoms with Gasteiger partial charge in [0.15, 0.2) is 0 Å². The Morgan fingerprint density at radius 2 is 2.10 bits per heavy atom. The number of benzene rings is 1. The van der Waals surface area contributed by atoms with E-state index in [2.05, 4.69) is 22.1 Å². The number of amides is 2. The van der Waals surface area contributed by atoms with Crippen molar-refractivity contribution in [2.24, 2.45) is 11.7 Å². The molecular weight excluding hydrogens is 383 g/mol. The Bertz CT molecular complexity index is 1070. The highest BCUT2D eigenvalue weighted by Gasteiger charge is 2.28. The number of aryl methyl sites for hydroxylation is 2. The highest BCUT2D eigenvalue weighted by atomic mass is 19.1. The van der Waals surface area contributed by atoms with Crippen LogP contribution in [0.4, 0.5) is 10.1 Å². The fraction of sp³-hybridized carbons (Fsp3) is 0.478. The summed E-state index contributed by atoms with van der Waals surface area (Å²) in [5, 5.41) is 3.65. The van der Waals surface area contributed by atoms with Gasteiger partial charge in [0.05, 0.1) is 16.8 Å². The molecule has 7 heteroatoms. The van der Waals surface area contributed by atoms with Gasteiger partial charge in [-0.25, -0.2) is 4.39 Å². The van der Waals surface area contributed by atoms with Crippen LogP contribution in [0.2, 0.25) is 0 Å². The summed E-state index contributed by atoms with van der Waals surface area (Å²) >= 11 is 0. The monoisotopic (exact) mass is 410 g/mol. The minimum atomic E-state index is -0.666. The minimum absolute atomic E-state index is 0.105. The summed E-state index contributed by atoms with van der Waals surface area (Å²) in [5.41, 5.74) is 8.40. The average Bonchev–Trinajstić information content (AvgIpc) is 3.47. The molecule has 1 saturated carbocycles. The van der Waals surface area contributed by atoms with Crippen molar-refractivity contribution in [2.75, 3.05) is 18.0 Å². The Balaban J connectivity index is 1.59. The summed E-state index contributed by atoms with van der Waals surface area (Å²) in [6, 6.07) is 1.10. The van der Waals surface area contributed by atoms with Gasteiger partial charge >= 0.3 is 0 Å². The molecule has 30 heavy (non-hydrogen) atoms. The Morgan fingerprint density at radius 3 is 2.80 bits per heavy atom. The van der Waals surface area contributed by atoms with Crippen molar-refractivity contribution in [2.45, 2.75) is 52.0 Å². The quantitative estimate of drug-likeness (QED) is 0.677. The standard InChI is InChI=1S/C23H27FN4O2/c1-13-14(2)26-21-17(23(25)30)11-18(24)22(20(13)21)28-10-4-6-16(12-28)27-19(29)7-3-5-15-8-9-15/h11,15-16,26H,4-6,8-10,12H2,1-2H3,(H2,25,30)(H,27,29)/t16-/m0/s1. The van der Waals surface area contributed by atoms with E-state index in [0.29, 0.717) is 35.6 Å². The number of fused-ring (bicyclic) bond motifs is 1. The topological polar surface area (TPSA) is 91.2 Å². The molecule has 158 valence electrons. The van der Waals surface area contributed by atoms with Gasteiger partial charge in [0.1, 0.15) is 5.82 Å². The molecule has 2 fully saturated rings. The number of H-pyrrole nitrogens is 1. The van der Waals surface area contributed by atoms with Gasteiger partial charge < -0.3 is 20.9 Å². The molecule has 2 heterocycles. The first-order valence-corrected chi connectivity index (χ1v) is 10.5. The number of primary amides is 1. The molecule has 1 aromatic carbocycles. The number of piperidine rings is 1. The van der Waals surface area contributed by atoms with Gasteiger partial charge in [-0.15, -0.1) is 0 Å². The Kier molecular flexibility index (Phi) is 5.42. The molecule has 4 N–H and O–H groups in total. The van der Waals surface area contributed by atoms with Crippen LogP contribution in [-0.2, 0) is 4.79 Å². The maximum Gasteiger partial charge on any atom is 0.296 e. The maximum absolute atomic E-state index is 15.2. The summed E-state index contributed by atoms with van der Waals surface area (Å²) in [4.78, 5) is 29.2. The number of carbonyl (C=O) groups excluding carboxylic acids is 2. The van der Waals surface area contributed by atoms with E-state index in [1.165, 1.54) is 18.9 Å². The Morgan fingerprint density at radius 1 is 1.33 bits per heavy atom. The van der Waals surface area contributed by atoms with Gasteiger partial charge in [0.25, 0.3) is 11.8 Å². The van der Waals surface area contributed by atoms with Crippen LogP contribution in [0, 0.1) is 37.4 Å². The molecular formula is C23H27FN4O2. The van der Waals surface area contributed by atoms with E-state index in [9.17, 15) is 9.59 Å². The molecule has 6 nitrogen and oxygen atoms in total. The number of aromatic nitrogens is 1. The summed E-state index contributed by atoms with van der Waals surface area (Å²) in [5.74, 6) is 4.88. The average molecular weight is 410 g/mol. The molecule has 0 unspecified atom stereocenters. The van der Waals surface area contributed by atoms with E-state index < -0.39 is 11.7 Å². The van der Waals surface area contributed by atoms with Crippen molar-refractivity contribution in [3.63, 3.8) is 0 Å². The van der Waals surface area contributed by atoms with Crippen molar-refractivity contribution >= 4 is 28.4 Å². The number of aromatic amines is 1. The van der Waals surface area contributed by atoms with Crippen LogP contribution in [0.3, 0.4) is 0 Å². The predicted molar refractivity (Wildman–Crippen MR) is 115 cm³/mol. The number of rotatable bonds is 4. The molecule has 0 bridgehead atoms. The fourth-order valence-electron chi connectivity index (χ4n) is 4.22. The van der Waals surface area contributed by atoms with Gasteiger partial charge in [0.2, 0.25) is 0 Å². The molecule has 1 aromatic heterocycles. The number of hydrogen-bond donors (Lipinski definition) is 3. The van der Waals surface area contributed by atoms with Crippen LogP contribution in [-0.4, -0.2) is 35.9 Å².